The number of aliphatic hydroxyl groups is 2. The summed E-state index contributed by atoms with van der Waals surface area (Å²) in [6.45, 7) is 15.6. The summed E-state index contributed by atoms with van der Waals surface area (Å²) in [5.41, 5.74) is 0.300. The average Bonchev–Trinajstić information content (AvgIpc) is 3.85. The minimum absolute atomic E-state index is 0.0382. The van der Waals surface area contributed by atoms with Crippen LogP contribution < -0.4 is 26.1 Å². The molecule has 6 aliphatic heterocycles. The Labute approximate surface area is 419 Å². The molecule has 18 nitrogen and oxygen atoms in total. The summed E-state index contributed by atoms with van der Waals surface area (Å²) in [4.78, 5) is 74.0. The van der Waals surface area contributed by atoms with Gasteiger partial charge in [0.15, 0.2) is 11.4 Å². The Hall–Kier alpha value is -6.37. The topological polar surface area (TPSA) is 245 Å². The zero-order chi connectivity index (χ0) is 51.6. The number of pyridine rings is 1. The van der Waals surface area contributed by atoms with Crippen LogP contribution in [0.25, 0.3) is 10.8 Å². The first kappa shape index (κ1) is 52.0. The van der Waals surface area contributed by atoms with Crippen LogP contribution in [0.1, 0.15) is 109 Å². The molecule has 1 unspecified atom stereocenters. The number of rotatable bonds is 7. The van der Waals surface area contributed by atoms with Gasteiger partial charge < -0.3 is 55.1 Å². The third kappa shape index (κ3) is 10.9. The number of carbonyl (C=O) groups is 4. The molecule has 6 N–H and O–H groups in total. The standard InChI is InChI=1S/C54H69N7O11/c1-30(2)29-60-23-18-54(19-24-60)58-44-41-42-48(66)34(6)50-43(41)51(68)53(7,72-50)70-25-9-8-15-37(71-40(64)27-39(63)61-21-16-35(17-22-61)56-36-14-11-20-55-28-36)26-38(62)33(5)47(65)31(3)12-10-13-32(4)52(69)57-46(49(42)67)45(44)59-54/h9-14,20,25,28,30-31,33,35,37-38,47,56,62,65-67H,8,15-19,21-24,26-27,29H2,1-7H3,(H,57,69)/b12-10+,25-9+,32-13-/t31?,33-,37+,38-,47-,53-/m0/s1. The monoisotopic (exact) mass is 992 g/mol. The van der Waals surface area contributed by atoms with Crippen LogP contribution in [-0.2, 0) is 23.9 Å². The Morgan fingerprint density at radius 1 is 1.00 bits per heavy atom. The smallest absolute Gasteiger partial charge is 0.315 e. The lowest BCUT2D eigenvalue weighted by Gasteiger charge is -2.36. The van der Waals surface area contributed by atoms with Crippen molar-refractivity contribution in [3.8, 4) is 17.2 Å². The highest BCUT2D eigenvalue weighted by molar-refractivity contribution is 6.19. The molecule has 3 aromatic rings. The van der Waals surface area contributed by atoms with Crippen molar-refractivity contribution in [2.45, 2.75) is 136 Å². The third-order valence-corrected chi connectivity index (χ3v) is 14.8. The van der Waals surface area contributed by atoms with Gasteiger partial charge in [0.1, 0.15) is 35.1 Å². The Morgan fingerprint density at radius 3 is 2.42 bits per heavy atom. The van der Waals surface area contributed by atoms with Crippen LogP contribution in [0.5, 0.6) is 17.2 Å². The highest BCUT2D eigenvalue weighted by atomic mass is 16.7. The highest BCUT2D eigenvalue weighted by Crippen LogP contribution is 2.50. The number of anilines is 2. The van der Waals surface area contributed by atoms with Gasteiger partial charge in [-0.2, -0.15) is 0 Å². The molecule has 2 aromatic carbocycles. The van der Waals surface area contributed by atoms with Crippen molar-refractivity contribution in [1.29, 1.82) is 0 Å². The van der Waals surface area contributed by atoms with E-state index in [-0.39, 0.29) is 86.6 Å². The second-order valence-electron chi connectivity index (χ2n) is 20.7. The van der Waals surface area contributed by atoms with Crippen LogP contribution in [0, 0.1) is 24.7 Å². The van der Waals surface area contributed by atoms with E-state index in [2.05, 4.69) is 34.4 Å². The summed E-state index contributed by atoms with van der Waals surface area (Å²) in [5.74, 6) is -5.80. The van der Waals surface area contributed by atoms with Crippen LogP contribution >= 0.6 is 0 Å². The molecule has 1 spiro atoms. The number of hydrogen-bond acceptors (Lipinski definition) is 16. The molecule has 2 fully saturated rings. The summed E-state index contributed by atoms with van der Waals surface area (Å²) in [6, 6.07) is 3.93. The number of allylic oxidation sites excluding steroid dienone is 3. The lowest BCUT2D eigenvalue weighted by Crippen LogP contribution is -2.43. The van der Waals surface area contributed by atoms with E-state index in [1.54, 1.807) is 69.3 Å². The van der Waals surface area contributed by atoms with Gasteiger partial charge in [-0.1, -0.05) is 45.9 Å². The van der Waals surface area contributed by atoms with Crippen LogP contribution in [0.3, 0.4) is 0 Å². The normalized spacial score (nSPS) is 27.8. The molecule has 9 rings (SSSR count). The molecule has 2 saturated heterocycles. The molecule has 72 heavy (non-hydrogen) atoms. The molecule has 6 atom stereocenters. The number of ketones is 1. The molecule has 0 saturated carbocycles. The fourth-order valence-electron chi connectivity index (χ4n) is 10.4. The number of phenolic OH excluding ortho intramolecular Hbond substituents is 2. The van der Waals surface area contributed by atoms with Gasteiger partial charge in [0, 0.05) is 106 Å². The van der Waals surface area contributed by atoms with E-state index in [4.69, 9.17) is 24.2 Å². The van der Waals surface area contributed by atoms with Crippen molar-refractivity contribution >= 4 is 45.7 Å². The highest BCUT2D eigenvalue weighted by Gasteiger charge is 2.50. The van der Waals surface area contributed by atoms with Crippen molar-refractivity contribution < 1.29 is 53.8 Å². The van der Waals surface area contributed by atoms with Gasteiger partial charge in [0.2, 0.25) is 5.91 Å². The van der Waals surface area contributed by atoms with E-state index >= 15 is 0 Å². The van der Waals surface area contributed by atoms with Gasteiger partial charge in [-0.15, -0.1) is 0 Å². The Kier molecular flexibility index (Phi) is 15.4. The first-order valence-corrected chi connectivity index (χ1v) is 25.3. The van der Waals surface area contributed by atoms with Crippen LogP contribution in [0.4, 0.5) is 11.4 Å². The van der Waals surface area contributed by atoms with Crippen molar-refractivity contribution in [1.82, 2.24) is 14.8 Å². The maximum Gasteiger partial charge on any atom is 0.315 e. The SMILES string of the molecule is C/C1=C/C=C/C(C)[C@H](O)[C@@H](C)[C@@H](O)C[C@H](OC(=O)CC(=O)N2CCC(Nc3cccnc3)CC2)CC/C=C/O[C@@]2(C)Oc3c(C)c(O)c4c(O)c(c5c(c4c3C2=O)=NC2(CCN(CC(C)C)CC2)N=5)NC1=O. The number of benzene rings is 2. The molecule has 0 aliphatic carbocycles. The number of aromatic hydroxyl groups is 2. The van der Waals surface area contributed by atoms with Gasteiger partial charge in [0.25, 0.3) is 11.7 Å². The first-order valence-electron chi connectivity index (χ1n) is 25.3. The molecule has 2 amide bonds. The van der Waals surface area contributed by atoms with E-state index in [1.165, 1.54) is 13.2 Å². The zero-order valence-electron chi connectivity index (χ0n) is 42.3. The maximum absolute atomic E-state index is 14.7. The quantitative estimate of drug-likeness (QED) is 0.0973. The Bertz CT molecular complexity index is 2800. The maximum atomic E-state index is 14.7. The minimum Gasteiger partial charge on any atom is -0.507 e. The van der Waals surface area contributed by atoms with Gasteiger partial charge in [-0.3, -0.25) is 34.1 Å². The molecule has 386 valence electrons. The summed E-state index contributed by atoms with van der Waals surface area (Å²) in [6.07, 6.45) is 10.5. The van der Waals surface area contributed by atoms with Gasteiger partial charge in [-0.05, 0) is 63.7 Å². The molecular formula is C54H69N7O11. The number of phenols is 2. The van der Waals surface area contributed by atoms with Gasteiger partial charge in [-0.25, -0.2) is 0 Å². The fourth-order valence-corrected chi connectivity index (χ4v) is 10.4. The molecule has 0 radical (unpaired) electrons. The predicted molar refractivity (Wildman–Crippen MR) is 269 cm³/mol. The lowest BCUT2D eigenvalue weighted by molar-refractivity contribution is -0.155. The number of nitrogens with one attached hydrogen (secondary N) is 2. The number of aromatic nitrogens is 1. The number of carbonyl (C=O) groups excluding carboxylic acids is 4. The van der Waals surface area contributed by atoms with E-state index in [0.717, 1.165) is 12.2 Å². The van der Waals surface area contributed by atoms with E-state index in [1.807, 2.05) is 12.1 Å². The van der Waals surface area contributed by atoms with Crippen LogP contribution in [-0.4, -0.2) is 127 Å². The predicted octanol–water partition coefficient (Wildman–Crippen LogP) is 5.50. The number of hydrogen-bond donors (Lipinski definition) is 6. The summed E-state index contributed by atoms with van der Waals surface area (Å²) >= 11 is 0. The number of nitrogens with zero attached hydrogens (tertiary/aromatic N) is 5. The Balaban J connectivity index is 1.08. The number of amides is 2. The average molecular weight is 992 g/mol. The van der Waals surface area contributed by atoms with Gasteiger partial charge >= 0.3 is 11.8 Å². The molecule has 18 heteroatoms. The van der Waals surface area contributed by atoms with Crippen LogP contribution in [0.15, 0.2) is 70.7 Å². The lowest BCUT2D eigenvalue weighted by atomic mass is 9.86. The largest absolute Gasteiger partial charge is 0.507 e. The van der Waals surface area contributed by atoms with Crippen molar-refractivity contribution in [2.24, 2.45) is 27.7 Å². The molecule has 7 heterocycles. The second kappa shape index (κ2) is 21.4. The molecular weight excluding hydrogens is 923 g/mol. The minimum atomic E-state index is -1.94. The third-order valence-electron chi connectivity index (χ3n) is 14.8. The van der Waals surface area contributed by atoms with Crippen molar-refractivity contribution in [3.63, 3.8) is 0 Å². The van der Waals surface area contributed by atoms with Crippen molar-refractivity contribution in [3.05, 3.63) is 82.5 Å². The number of fused-ring (bicyclic) bond motifs is 13. The number of esters is 1. The second-order valence-corrected chi connectivity index (χ2v) is 20.7. The van der Waals surface area contributed by atoms with Crippen LogP contribution in [0.2, 0.25) is 0 Å². The zero-order valence-corrected chi connectivity index (χ0v) is 42.3. The molecule has 1 aromatic heterocycles. The van der Waals surface area contributed by atoms with Gasteiger partial charge in [0.05, 0.1) is 40.5 Å². The first-order chi connectivity index (χ1) is 34.3. The fraction of sp³-hybridized carbons (Fsp3) is 0.537. The van der Waals surface area contributed by atoms with E-state index in [0.29, 0.717) is 57.8 Å². The summed E-state index contributed by atoms with van der Waals surface area (Å²) in [5, 5.41) is 53.7. The summed E-state index contributed by atoms with van der Waals surface area (Å²) in [7, 11) is 0. The van der Waals surface area contributed by atoms with E-state index < -0.39 is 71.4 Å². The number of Topliss-reactive ketones (excluding diaryl/α,β-unsaturated/α-hetero) is 1. The number of piperidine rings is 2. The van der Waals surface area contributed by atoms with Crippen molar-refractivity contribution in [2.75, 3.05) is 43.4 Å². The molecule has 6 aliphatic rings. The Morgan fingerprint density at radius 2 is 1.72 bits per heavy atom. The number of aliphatic hydroxyl groups excluding tert-OH is 2. The molecule has 5 bridgehead atoms. The number of ether oxygens (including phenoxy) is 3. The van der Waals surface area contributed by atoms with E-state index in [9.17, 15) is 39.6 Å². The summed E-state index contributed by atoms with van der Waals surface area (Å²) < 4.78 is 18.3. The number of likely N-dealkylation sites (tertiary alicyclic amines) is 2.